The highest BCUT2D eigenvalue weighted by atomic mass is 16.5. The summed E-state index contributed by atoms with van der Waals surface area (Å²) in [6.07, 6.45) is 5.29. The van der Waals surface area contributed by atoms with Crippen LogP contribution < -0.4 is 5.32 Å². The van der Waals surface area contributed by atoms with Gasteiger partial charge in [-0.15, -0.1) is 0 Å². The van der Waals surface area contributed by atoms with Crippen LogP contribution in [0.2, 0.25) is 0 Å². The first-order valence-corrected chi connectivity index (χ1v) is 6.04. The molecule has 0 bridgehead atoms. The molecule has 1 aliphatic rings. The van der Waals surface area contributed by atoms with E-state index in [0.717, 1.165) is 32.1 Å². The summed E-state index contributed by atoms with van der Waals surface area (Å²) >= 11 is 0. The van der Waals surface area contributed by atoms with E-state index < -0.39 is 0 Å². The summed E-state index contributed by atoms with van der Waals surface area (Å²) in [5.41, 5.74) is 0. The van der Waals surface area contributed by atoms with Gasteiger partial charge in [0.25, 0.3) is 0 Å². The van der Waals surface area contributed by atoms with E-state index in [0.29, 0.717) is 0 Å². The first-order chi connectivity index (χ1) is 7.67. The number of esters is 1. The lowest BCUT2D eigenvalue weighted by Gasteiger charge is -2.18. The van der Waals surface area contributed by atoms with Crippen molar-refractivity contribution >= 4 is 11.9 Å². The van der Waals surface area contributed by atoms with Gasteiger partial charge in [-0.1, -0.05) is 19.8 Å². The third-order valence-corrected chi connectivity index (χ3v) is 3.21. The van der Waals surface area contributed by atoms with Crippen molar-refractivity contribution in [2.24, 2.45) is 5.92 Å². The number of amides is 1. The Morgan fingerprint density at radius 3 is 2.50 bits per heavy atom. The van der Waals surface area contributed by atoms with E-state index in [2.05, 4.69) is 10.1 Å². The molecule has 0 heterocycles. The van der Waals surface area contributed by atoms with Crippen LogP contribution >= 0.6 is 0 Å². The molecule has 4 nitrogen and oxygen atoms in total. The normalized spacial score (nSPS) is 18.1. The van der Waals surface area contributed by atoms with Gasteiger partial charge in [0.2, 0.25) is 5.91 Å². The first kappa shape index (κ1) is 13.0. The topological polar surface area (TPSA) is 55.4 Å². The lowest BCUT2D eigenvalue weighted by Crippen LogP contribution is -2.39. The van der Waals surface area contributed by atoms with Crippen LogP contribution in [-0.4, -0.2) is 25.0 Å². The Kier molecular flexibility index (Phi) is 5.29. The number of methoxy groups -OCH3 is 1. The second-order valence-corrected chi connectivity index (χ2v) is 4.38. The van der Waals surface area contributed by atoms with Crippen molar-refractivity contribution in [3.05, 3.63) is 0 Å². The van der Waals surface area contributed by atoms with Gasteiger partial charge in [0.05, 0.1) is 13.5 Å². The van der Waals surface area contributed by atoms with Gasteiger partial charge in [-0.05, 0) is 19.3 Å². The number of nitrogens with one attached hydrogen (secondary N) is 1. The van der Waals surface area contributed by atoms with Gasteiger partial charge >= 0.3 is 5.97 Å². The van der Waals surface area contributed by atoms with Crippen LogP contribution in [0.1, 0.15) is 45.4 Å². The highest BCUT2D eigenvalue weighted by Gasteiger charge is 2.24. The van der Waals surface area contributed by atoms with E-state index in [1.165, 1.54) is 7.11 Å². The lowest BCUT2D eigenvalue weighted by molar-refractivity contribution is -0.141. The van der Waals surface area contributed by atoms with E-state index in [9.17, 15) is 9.59 Å². The fraction of sp³-hybridized carbons (Fsp3) is 0.833. The maximum absolute atomic E-state index is 11.8. The SMILES string of the molecule is CCC(CC(=O)OC)NC(=O)C1CCCC1. The van der Waals surface area contributed by atoms with Gasteiger partial charge in [0.1, 0.15) is 0 Å². The van der Waals surface area contributed by atoms with Gasteiger partial charge < -0.3 is 10.1 Å². The van der Waals surface area contributed by atoms with Crippen molar-refractivity contribution in [2.75, 3.05) is 7.11 Å². The second-order valence-electron chi connectivity index (χ2n) is 4.38. The number of rotatable bonds is 5. The molecule has 4 heteroatoms. The Balaban J connectivity index is 2.36. The fourth-order valence-electron chi connectivity index (χ4n) is 2.09. The summed E-state index contributed by atoms with van der Waals surface area (Å²) in [6.45, 7) is 1.96. The van der Waals surface area contributed by atoms with E-state index in [1.807, 2.05) is 6.92 Å². The average Bonchev–Trinajstić information content (AvgIpc) is 2.81. The molecule has 1 rings (SSSR count). The molecule has 1 saturated carbocycles. The summed E-state index contributed by atoms with van der Waals surface area (Å²) in [6, 6.07) is -0.0828. The zero-order chi connectivity index (χ0) is 12.0. The Bertz CT molecular complexity index is 247. The molecule has 92 valence electrons. The Morgan fingerprint density at radius 2 is 2.00 bits per heavy atom. The van der Waals surface area contributed by atoms with Gasteiger partial charge in [-0.25, -0.2) is 0 Å². The fourth-order valence-corrected chi connectivity index (χ4v) is 2.09. The molecular formula is C12H21NO3. The maximum Gasteiger partial charge on any atom is 0.307 e. The molecule has 1 unspecified atom stereocenters. The molecule has 0 radical (unpaired) electrons. The van der Waals surface area contributed by atoms with Crippen molar-refractivity contribution in [3.8, 4) is 0 Å². The van der Waals surface area contributed by atoms with E-state index >= 15 is 0 Å². The minimum atomic E-state index is -0.265. The Morgan fingerprint density at radius 1 is 1.38 bits per heavy atom. The van der Waals surface area contributed by atoms with Gasteiger partial charge in [0.15, 0.2) is 0 Å². The molecule has 1 N–H and O–H groups in total. The second kappa shape index (κ2) is 6.51. The first-order valence-electron chi connectivity index (χ1n) is 6.04. The molecule has 1 aliphatic carbocycles. The van der Waals surface area contributed by atoms with Crippen LogP contribution in [0.25, 0.3) is 0 Å². The third kappa shape index (κ3) is 3.83. The smallest absolute Gasteiger partial charge is 0.307 e. The van der Waals surface area contributed by atoms with Crippen LogP contribution in [0, 0.1) is 5.92 Å². The Labute approximate surface area is 96.7 Å². The predicted molar refractivity (Wildman–Crippen MR) is 60.8 cm³/mol. The third-order valence-electron chi connectivity index (χ3n) is 3.21. The van der Waals surface area contributed by atoms with E-state index in [4.69, 9.17) is 0 Å². The van der Waals surface area contributed by atoms with Gasteiger partial charge in [0, 0.05) is 12.0 Å². The van der Waals surface area contributed by atoms with Crippen LogP contribution in [0.5, 0.6) is 0 Å². The van der Waals surface area contributed by atoms with Gasteiger partial charge in [-0.2, -0.15) is 0 Å². The quantitative estimate of drug-likeness (QED) is 0.726. The number of ether oxygens (including phenoxy) is 1. The minimum absolute atomic E-state index is 0.0828. The predicted octanol–water partition coefficient (Wildman–Crippen LogP) is 1.63. The summed E-state index contributed by atoms with van der Waals surface area (Å²) in [7, 11) is 1.37. The van der Waals surface area contributed by atoms with Crippen LogP contribution in [0.3, 0.4) is 0 Å². The highest BCUT2D eigenvalue weighted by Crippen LogP contribution is 2.24. The summed E-state index contributed by atoms with van der Waals surface area (Å²) in [5, 5.41) is 2.93. The largest absolute Gasteiger partial charge is 0.469 e. The summed E-state index contributed by atoms with van der Waals surface area (Å²) in [4.78, 5) is 22.9. The van der Waals surface area contributed by atoms with Crippen LogP contribution in [-0.2, 0) is 14.3 Å². The lowest BCUT2D eigenvalue weighted by atomic mass is 10.1. The molecule has 1 amide bonds. The molecule has 0 spiro atoms. The summed E-state index contributed by atoms with van der Waals surface area (Å²) < 4.78 is 4.60. The van der Waals surface area contributed by atoms with Crippen molar-refractivity contribution in [2.45, 2.75) is 51.5 Å². The van der Waals surface area contributed by atoms with Crippen molar-refractivity contribution in [3.63, 3.8) is 0 Å². The Hall–Kier alpha value is -1.06. The number of carbonyl (C=O) groups excluding carboxylic acids is 2. The molecule has 0 aromatic rings. The van der Waals surface area contributed by atoms with Gasteiger partial charge in [-0.3, -0.25) is 9.59 Å². The molecule has 0 saturated heterocycles. The highest BCUT2D eigenvalue weighted by molar-refractivity contribution is 5.80. The zero-order valence-electron chi connectivity index (χ0n) is 10.1. The average molecular weight is 227 g/mol. The van der Waals surface area contributed by atoms with Crippen LogP contribution in [0.15, 0.2) is 0 Å². The molecule has 16 heavy (non-hydrogen) atoms. The van der Waals surface area contributed by atoms with E-state index in [-0.39, 0.29) is 30.3 Å². The maximum atomic E-state index is 11.8. The zero-order valence-corrected chi connectivity index (χ0v) is 10.1. The number of hydrogen-bond acceptors (Lipinski definition) is 3. The number of hydrogen-bond donors (Lipinski definition) is 1. The van der Waals surface area contributed by atoms with Crippen molar-refractivity contribution < 1.29 is 14.3 Å². The molecular weight excluding hydrogens is 206 g/mol. The molecule has 0 aliphatic heterocycles. The van der Waals surface area contributed by atoms with Crippen molar-refractivity contribution in [1.82, 2.24) is 5.32 Å². The van der Waals surface area contributed by atoms with Crippen molar-refractivity contribution in [1.29, 1.82) is 0 Å². The molecule has 1 fully saturated rings. The van der Waals surface area contributed by atoms with E-state index in [1.54, 1.807) is 0 Å². The minimum Gasteiger partial charge on any atom is -0.469 e. The number of carbonyl (C=O) groups is 2. The molecule has 0 aromatic heterocycles. The summed E-state index contributed by atoms with van der Waals surface area (Å²) in [5.74, 6) is -0.00137. The standard InChI is InChI=1S/C12H21NO3/c1-3-10(8-11(14)16-2)13-12(15)9-6-4-5-7-9/h9-10H,3-8H2,1-2H3,(H,13,15). The van der Waals surface area contributed by atoms with Crippen LogP contribution in [0.4, 0.5) is 0 Å². The molecule has 1 atom stereocenters. The monoisotopic (exact) mass is 227 g/mol. The molecule has 0 aromatic carbocycles.